The standard InChI is InChI=1S/C25H27N3O7S2/c1-3-33-23(29)14-28-19-12-20-21(35-15-34-20)13-22(19)36-25(28)26-24(30)17-8-10-27(11-9-17)37(31,32)18-6-4-16(2)5-7-18/h4-7,12-13,17H,3,8-11,14-15H2,1-2H3. The number of rotatable bonds is 6. The van der Waals surface area contributed by atoms with E-state index in [1.54, 1.807) is 41.8 Å². The van der Waals surface area contributed by atoms with E-state index in [4.69, 9.17) is 14.2 Å². The van der Waals surface area contributed by atoms with E-state index in [-0.39, 0.29) is 43.8 Å². The summed E-state index contributed by atoms with van der Waals surface area (Å²) >= 11 is 1.27. The molecule has 1 fully saturated rings. The topological polar surface area (TPSA) is 116 Å². The van der Waals surface area contributed by atoms with Crippen molar-refractivity contribution in [2.45, 2.75) is 38.1 Å². The van der Waals surface area contributed by atoms with Gasteiger partial charge in [-0.3, -0.25) is 9.59 Å². The normalized spacial score (nSPS) is 16.9. The highest BCUT2D eigenvalue weighted by Crippen LogP contribution is 2.37. The Morgan fingerprint density at radius 1 is 1.11 bits per heavy atom. The minimum Gasteiger partial charge on any atom is -0.465 e. The summed E-state index contributed by atoms with van der Waals surface area (Å²) in [6, 6.07) is 10.3. The molecule has 1 saturated heterocycles. The van der Waals surface area contributed by atoms with E-state index in [0.29, 0.717) is 34.7 Å². The molecule has 1 amide bonds. The van der Waals surface area contributed by atoms with Gasteiger partial charge >= 0.3 is 5.97 Å². The summed E-state index contributed by atoms with van der Waals surface area (Å²) in [7, 11) is -3.62. The minimum atomic E-state index is -3.62. The van der Waals surface area contributed by atoms with Gasteiger partial charge in [0.2, 0.25) is 16.8 Å². The highest BCUT2D eigenvalue weighted by molar-refractivity contribution is 7.89. The van der Waals surface area contributed by atoms with Gasteiger partial charge in [0.15, 0.2) is 16.3 Å². The lowest BCUT2D eigenvalue weighted by Gasteiger charge is -2.29. The van der Waals surface area contributed by atoms with E-state index in [1.165, 1.54) is 15.6 Å². The first-order chi connectivity index (χ1) is 17.8. The number of nitrogens with zero attached hydrogens (tertiary/aromatic N) is 3. The Balaban J connectivity index is 1.38. The summed E-state index contributed by atoms with van der Waals surface area (Å²) in [4.78, 5) is 30.5. The van der Waals surface area contributed by atoms with Crippen molar-refractivity contribution in [2.24, 2.45) is 10.9 Å². The van der Waals surface area contributed by atoms with Crippen molar-refractivity contribution in [2.75, 3.05) is 26.5 Å². The van der Waals surface area contributed by atoms with Gasteiger partial charge in [-0.2, -0.15) is 9.30 Å². The Bertz CT molecular complexity index is 1520. The maximum atomic E-state index is 13.2. The lowest BCUT2D eigenvalue weighted by Crippen LogP contribution is -2.40. The second kappa shape index (κ2) is 10.3. The molecule has 10 nitrogen and oxygen atoms in total. The first-order valence-electron chi connectivity index (χ1n) is 12.0. The van der Waals surface area contributed by atoms with Crippen molar-refractivity contribution in [3.63, 3.8) is 0 Å². The minimum absolute atomic E-state index is 0.104. The molecule has 5 rings (SSSR count). The zero-order valence-electron chi connectivity index (χ0n) is 20.5. The molecule has 2 aromatic carbocycles. The molecule has 0 atom stereocenters. The molecule has 0 spiro atoms. The lowest BCUT2D eigenvalue weighted by atomic mass is 9.98. The number of thiazole rings is 1. The van der Waals surface area contributed by atoms with E-state index < -0.39 is 21.9 Å². The zero-order chi connectivity index (χ0) is 26.2. The largest absolute Gasteiger partial charge is 0.465 e. The molecule has 196 valence electrons. The number of hydrogen-bond donors (Lipinski definition) is 0. The van der Waals surface area contributed by atoms with Gasteiger partial charge in [-0.15, -0.1) is 0 Å². The van der Waals surface area contributed by atoms with E-state index in [2.05, 4.69) is 4.99 Å². The van der Waals surface area contributed by atoms with Crippen molar-refractivity contribution >= 4 is 43.5 Å². The number of piperidine rings is 1. The molecule has 2 aliphatic heterocycles. The monoisotopic (exact) mass is 545 g/mol. The molecule has 1 aromatic heterocycles. The number of carbonyl (C=O) groups excluding carboxylic acids is 2. The second-order valence-electron chi connectivity index (χ2n) is 8.89. The predicted octanol–water partition coefficient (Wildman–Crippen LogP) is 2.83. The predicted molar refractivity (Wildman–Crippen MR) is 136 cm³/mol. The molecular weight excluding hydrogens is 518 g/mol. The van der Waals surface area contributed by atoms with Gasteiger partial charge in [0.05, 0.1) is 21.7 Å². The van der Waals surface area contributed by atoms with Gasteiger partial charge < -0.3 is 18.8 Å². The second-order valence-corrected chi connectivity index (χ2v) is 11.8. The molecule has 3 aromatic rings. The smallest absolute Gasteiger partial charge is 0.326 e. The number of aryl methyl sites for hydroxylation is 1. The van der Waals surface area contributed by atoms with Crippen LogP contribution in [0.25, 0.3) is 10.2 Å². The number of sulfonamides is 1. The maximum Gasteiger partial charge on any atom is 0.326 e. The third kappa shape index (κ3) is 5.13. The van der Waals surface area contributed by atoms with E-state index >= 15 is 0 Å². The van der Waals surface area contributed by atoms with Crippen molar-refractivity contribution in [1.29, 1.82) is 0 Å². The van der Waals surface area contributed by atoms with Crippen molar-refractivity contribution < 1.29 is 32.2 Å². The van der Waals surface area contributed by atoms with Crippen LogP contribution in [0, 0.1) is 12.8 Å². The fourth-order valence-corrected chi connectivity index (χ4v) is 6.94. The first kappa shape index (κ1) is 25.4. The van der Waals surface area contributed by atoms with Gasteiger partial charge in [-0.1, -0.05) is 29.0 Å². The van der Waals surface area contributed by atoms with Gasteiger partial charge in [-0.05, 0) is 38.8 Å². The maximum absolute atomic E-state index is 13.2. The van der Waals surface area contributed by atoms with E-state index in [0.717, 1.165) is 10.3 Å². The molecule has 0 bridgehead atoms. The Morgan fingerprint density at radius 3 is 2.46 bits per heavy atom. The summed E-state index contributed by atoms with van der Waals surface area (Å²) in [6.07, 6.45) is 0.734. The highest BCUT2D eigenvalue weighted by atomic mass is 32.2. The molecule has 3 heterocycles. The third-order valence-corrected chi connectivity index (χ3v) is 9.39. The average molecular weight is 546 g/mol. The van der Waals surface area contributed by atoms with Gasteiger partial charge in [-0.25, -0.2) is 8.42 Å². The number of fused-ring (bicyclic) bond motifs is 2. The van der Waals surface area contributed by atoms with Gasteiger partial charge in [0.1, 0.15) is 6.54 Å². The summed E-state index contributed by atoms with van der Waals surface area (Å²) in [6.45, 7) is 4.36. The van der Waals surface area contributed by atoms with Crippen LogP contribution in [0.15, 0.2) is 46.3 Å². The summed E-state index contributed by atoms with van der Waals surface area (Å²) in [5, 5.41) is 0. The Labute approximate surface area is 218 Å². The quantitative estimate of drug-likeness (QED) is 0.437. The first-order valence-corrected chi connectivity index (χ1v) is 14.3. The highest BCUT2D eigenvalue weighted by Gasteiger charge is 2.32. The van der Waals surface area contributed by atoms with Crippen LogP contribution in [-0.4, -0.2) is 55.7 Å². The van der Waals surface area contributed by atoms with Crippen LogP contribution in [0.3, 0.4) is 0 Å². The molecule has 0 aliphatic carbocycles. The van der Waals surface area contributed by atoms with Crippen LogP contribution in [0.4, 0.5) is 0 Å². The zero-order valence-corrected chi connectivity index (χ0v) is 22.1. The molecule has 0 saturated carbocycles. The molecular formula is C25H27N3O7S2. The number of carbonyl (C=O) groups is 2. The van der Waals surface area contributed by atoms with Crippen LogP contribution >= 0.6 is 11.3 Å². The van der Waals surface area contributed by atoms with Crippen LogP contribution in [0.2, 0.25) is 0 Å². The Kier molecular flexibility index (Phi) is 7.06. The molecule has 12 heteroatoms. The molecule has 0 N–H and O–H groups in total. The summed E-state index contributed by atoms with van der Waals surface area (Å²) in [5.41, 5.74) is 1.67. The fourth-order valence-electron chi connectivity index (χ4n) is 4.42. The summed E-state index contributed by atoms with van der Waals surface area (Å²) in [5.74, 6) is -0.0395. The van der Waals surface area contributed by atoms with Crippen LogP contribution < -0.4 is 14.3 Å². The SMILES string of the molecule is CCOC(=O)Cn1c(=NC(=O)C2CCN(S(=O)(=O)c3ccc(C)cc3)CC2)sc2cc3c(cc21)OCO3. The Hall–Kier alpha value is -3.22. The molecule has 37 heavy (non-hydrogen) atoms. The molecule has 0 unspecified atom stereocenters. The number of amides is 1. The third-order valence-electron chi connectivity index (χ3n) is 6.44. The molecule has 0 radical (unpaired) electrons. The number of benzene rings is 2. The van der Waals surface area contributed by atoms with Gasteiger partial charge in [0, 0.05) is 31.1 Å². The number of aromatic nitrogens is 1. The van der Waals surface area contributed by atoms with Crippen LogP contribution in [-0.2, 0) is 30.9 Å². The van der Waals surface area contributed by atoms with E-state index in [9.17, 15) is 18.0 Å². The molecule has 2 aliphatic rings. The number of esters is 1. The van der Waals surface area contributed by atoms with Gasteiger partial charge in [0.25, 0.3) is 5.91 Å². The lowest BCUT2D eigenvalue weighted by molar-refractivity contribution is -0.143. The summed E-state index contributed by atoms with van der Waals surface area (Å²) < 4.78 is 45.9. The van der Waals surface area contributed by atoms with E-state index in [1.807, 2.05) is 13.0 Å². The average Bonchev–Trinajstić information content (AvgIpc) is 3.47. The van der Waals surface area contributed by atoms with Crippen LogP contribution in [0.5, 0.6) is 11.5 Å². The van der Waals surface area contributed by atoms with Crippen molar-refractivity contribution in [3.05, 3.63) is 46.8 Å². The Morgan fingerprint density at radius 2 is 1.78 bits per heavy atom. The fraction of sp³-hybridized carbons (Fsp3) is 0.400. The van der Waals surface area contributed by atoms with Crippen molar-refractivity contribution in [3.8, 4) is 11.5 Å². The number of ether oxygens (including phenoxy) is 3. The number of hydrogen-bond acceptors (Lipinski definition) is 8. The van der Waals surface area contributed by atoms with Crippen LogP contribution in [0.1, 0.15) is 25.3 Å². The van der Waals surface area contributed by atoms with Crippen molar-refractivity contribution in [1.82, 2.24) is 8.87 Å².